The number of rotatable bonds is 4. The molecular formula is C13H15NOS. The number of benzene rings is 1. The fourth-order valence-corrected chi connectivity index (χ4v) is 1.90. The number of nitrogens with zero attached hydrogens (tertiary/aromatic N) is 1. The van der Waals surface area contributed by atoms with Gasteiger partial charge in [-0.15, -0.1) is 11.8 Å². The molecule has 0 fully saturated rings. The number of hydrogen-bond donors (Lipinski definition) is 0. The maximum Gasteiger partial charge on any atom is 0.119 e. The molecule has 1 heterocycles. The van der Waals surface area contributed by atoms with Crippen LogP contribution < -0.4 is 4.74 Å². The zero-order chi connectivity index (χ0) is 11.2. The van der Waals surface area contributed by atoms with Gasteiger partial charge in [-0.3, -0.25) is 4.99 Å². The molecule has 3 heteroatoms. The third-order valence-corrected chi connectivity index (χ3v) is 3.13. The molecule has 2 nitrogen and oxygen atoms in total. The van der Waals surface area contributed by atoms with Crippen molar-refractivity contribution in [2.45, 2.75) is 11.3 Å². The van der Waals surface area contributed by atoms with Gasteiger partial charge < -0.3 is 4.74 Å². The fraction of sp³-hybridized carbons (Fsp3) is 0.308. The van der Waals surface area contributed by atoms with Crippen molar-refractivity contribution in [1.82, 2.24) is 0 Å². The van der Waals surface area contributed by atoms with E-state index in [-0.39, 0.29) is 0 Å². The molecule has 0 N–H and O–H groups in total. The third kappa shape index (κ3) is 3.14. The van der Waals surface area contributed by atoms with Crippen molar-refractivity contribution in [3.63, 3.8) is 0 Å². The predicted octanol–water partition coefficient (Wildman–Crippen LogP) is 3.19. The van der Waals surface area contributed by atoms with Gasteiger partial charge in [-0.25, -0.2) is 0 Å². The highest BCUT2D eigenvalue weighted by molar-refractivity contribution is 7.98. The van der Waals surface area contributed by atoms with E-state index in [0.717, 1.165) is 18.7 Å². The zero-order valence-electron chi connectivity index (χ0n) is 9.35. The first-order valence-corrected chi connectivity index (χ1v) is 6.56. The Morgan fingerprint density at radius 2 is 2.12 bits per heavy atom. The van der Waals surface area contributed by atoms with E-state index in [2.05, 4.69) is 29.5 Å². The minimum Gasteiger partial charge on any atom is -0.489 e. The minimum atomic E-state index is 0.613. The lowest BCUT2D eigenvalue weighted by Gasteiger charge is -2.09. The molecule has 0 saturated heterocycles. The van der Waals surface area contributed by atoms with E-state index in [1.165, 1.54) is 10.5 Å². The summed E-state index contributed by atoms with van der Waals surface area (Å²) in [6, 6.07) is 8.16. The molecule has 0 spiro atoms. The van der Waals surface area contributed by atoms with Gasteiger partial charge in [-0.2, -0.15) is 0 Å². The van der Waals surface area contributed by atoms with Crippen LogP contribution in [-0.4, -0.2) is 25.6 Å². The van der Waals surface area contributed by atoms with Crippen molar-refractivity contribution >= 4 is 18.0 Å². The number of dihydropyridines is 1. The standard InChI is InChI=1S/C13H15NOS/c1-16-13-6-4-12(5-7-13)15-10-11-3-2-8-14-9-11/h3-7,9H,2,8,10H2,1H3. The first kappa shape index (κ1) is 11.3. The molecule has 1 aromatic carbocycles. The second kappa shape index (κ2) is 5.75. The van der Waals surface area contributed by atoms with Gasteiger partial charge in [0.2, 0.25) is 0 Å². The highest BCUT2D eigenvalue weighted by Crippen LogP contribution is 2.19. The largest absolute Gasteiger partial charge is 0.489 e. The van der Waals surface area contributed by atoms with Crippen molar-refractivity contribution in [2.75, 3.05) is 19.4 Å². The summed E-state index contributed by atoms with van der Waals surface area (Å²) < 4.78 is 5.68. The van der Waals surface area contributed by atoms with Gasteiger partial charge in [0, 0.05) is 23.2 Å². The average molecular weight is 233 g/mol. The fourth-order valence-electron chi connectivity index (χ4n) is 1.49. The van der Waals surface area contributed by atoms with Crippen molar-refractivity contribution in [2.24, 2.45) is 4.99 Å². The van der Waals surface area contributed by atoms with E-state index < -0.39 is 0 Å². The van der Waals surface area contributed by atoms with Crippen molar-refractivity contribution in [3.8, 4) is 5.75 Å². The topological polar surface area (TPSA) is 21.6 Å². The minimum absolute atomic E-state index is 0.613. The Balaban J connectivity index is 1.89. The summed E-state index contributed by atoms with van der Waals surface area (Å²) in [5.74, 6) is 0.915. The Morgan fingerprint density at radius 3 is 2.75 bits per heavy atom. The number of aliphatic imine (C=N–C) groups is 1. The molecular weight excluding hydrogens is 218 g/mol. The molecule has 16 heavy (non-hydrogen) atoms. The van der Waals surface area contributed by atoms with Crippen LogP contribution in [0.4, 0.5) is 0 Å². The molecule has 1 aliphatic rings. The Labute approximate surface area is 100 Å². The van der Waals surface area contributed by atoms with Gasteiger partial charge >= 0.3 is 0 Å². The molecule has 0 amide bonds. The Kier molecular flexibility index (Phi) is 4.05. The van der Waals surface area contributed by atoms with E-state index in [9.17, 15) is 0 Å². The molecule has 0 bridgehead atoms. The third-order valence-electron chi connectivity index (χ3n) is 2.39. The van der Waals surface area contributed by atoms with Gasteiger partial charge in [-0.1, -0.05) is 6.08 Å². The lowest BCUT2D eigenvalue weighted by Crippen LogP contribution is -2.05. The summed E-state index contributed by atoms with van der Waals surface area (Å²) in [5.41, 5.74) is 1.17. The van der Waals surface area contributed by atoms with E-state index in [4.69, 9.17) is 4.74 Å². The van der Waals surface area contributed by atoms with Crippen LogP contribution in [0.15, 0.2) is 45.8 Å². The summed E-state index contributed by atoms with van der Waals surface area (Å²) in [6.45, 7) is 1.52. The molecule has 0 atom stereocenters. The lowest BCUT2D eigenvalue weighted by molar-refractivity contribution is 0.357. The highest BCUT2D eigenvalue weighted by Gasteiger charge is 2.00. The number of thioether (sulfide) groups is 1. The average Bonchev–Trinajstić information content (AvgIpc) is 2.38. The van der Waals surface area contributed by atoms with E-state index in [1.807, 2.05) is 18.3 Å². The molecule has 0 saturated carbocycles. The Bertz CT molecular complexity index is 395. The van der Waals surface area contributed by atoms with Crippen molar-refractivity contribution < 1.29 is 4.74 Å². The number of hydrogen-bond acceptors (Lipinski definition) is 3. The quantitative estimate of drug-likeness (QED) is 0.745. The molecule has 84 valence electrons. The molecule has 2 rings (SSSR count). The first-order chi connectivity index (χ1) is 7.88. The molecule has 0 aliphatic carbocycles. The SMILES string of the molecule is CSc1ccc(OCC2=CCCN=C2)cc1. The van der Waals surface area contributed by atoms with Gasteiger partial charge in [-0.05, 0) is 36.9 Å². The Morgan fingerprint density at radius 1 is 1.31 bits per heavy atom. The molecule has 0 radical (unpaired) electrons. The Hall–Kier alpha value is -1.22. The summed E-state index contributed by atoms with van der Waals surface area (Å²) in [5, 5.41) is 0. The van der Waals surface area contributed by atoms with Crippen molar-refractivity contribution in [1.29, 1.82) is 0 Å². The maximum atomic E-state index is 5.68. The van der Waals surface area contributed by atoms with Crippen LogP contribution in [0.1, 0.15) is 6.42 Å². The van der Waals surface area contributed by atoms with Crippen LogP contribution in [0, 0.1) is 0 Å². The van der Waals surface area contributed by atoms with Gasteiger partial charge in [0.25, 0.3) is 0 Å². The van der Waals surface area contributed by atoms with Crippen LogP contribution in [0.5, 0.6) is 5.75 Å². The van der Waals surface area contributed by atoms with Crippen LogP contribution in [0.2, 0.25) is 0 Å². The number of ether oxygens (including phenoxy) is 1. The smallest absolute Gasteiger partial charge is 0.119 e. The summed E-state index contributed by atoms with van der Waals surface area (Å²) >= 11 is 1.74. The molecule has 0 aromatic heterocycles. The first-order valence-electron chi connectivity index (χ1n) is 5.34. The zero-order valence-corrected chi connectivity index (χ0v) is 10.2. The summed E-state index contributed by atoms with van der Waals surface area (Å²) in [7, 11) is 0. The molecule has 1 aliphatic heterocycles. The predicted molar refractivity (Wildman–Crippen MR) is 69.8 cm³/mol. The molecule has 0 unspecified atom stereocenters. The van der Waals surface area contributed by atoms with Gasteiger partial charge in [0.1, 0.15) is 12.4 Å². The summed E-state index contributed by atoms with van der Waals surface area (Å²) in [6.07, 6.45) is 7.18. The van der Waals surface area contributed by atoms with Crippen molar-refractivity contribution in [3.05, 3.63) is 35.9 Å². The monoisotopic (exact) mass is 233 g/mol. The van der Waals surface area contributed by atoms with E-state index in [1.54, 1.807) is 11.8 Å². The highest BCUT2D eigenvalue weighted by atomic mass is 32.2. The van der Waals surface area contributed by atoms with E-state index in [0.29, 0.717) is 6.61 Å². The van der Waals surface area contributed by atoms with E-state index >= 15 is 0 Å². The van der Waals surface area contributed by atoms with Gasteiger partial charge in [0.15, 0.2) is 0 Å². The second-order valence-corrected chi connectivity index (χ2v) is 4.45. The van der Waals surface area contributed by atoms with Crippen LogP contribution >= 0.6 is 11.8 Å². The second-order valence-electron chi connectivity index (χ2n) is 3.57. The summed E-state index contributed by atoms with van der Waals surface area (Å²) in [4.78, 5) is 5.48. The van der Waals surface area contributed by atoms with Gasteiger partial charge in [0.05, 0.1) is 0 Å². The molecule has 1 aromatic rings. The van der Waals surface area contributed by atoms with Crippen LogP contribution in [-0.2, 0) is 0 Å². The normalized spacial score (nSPS) is 14.7. The van der Waals surface area contributed by atoms with Crippen LogP contribution in [0.25, 0.3) is 0 Å². The lowest BCUT2D eigenvalue weighted by atomic mass is 10.2. The maximum absolute atomic E-state index is 5.68. The van der Waals surface area contributed by atoms with Crippen LogP contribution in [0.3, 0.4) is 0 Å².